The van der Waals surface area contributed by atoms with E-state index in [-0.39, 0.29) is 18.1 Å². The van der Waals surface area contributed by atoms with Gasteiger partial charge in [-0.1, -0.05) is 66.5 Å². The predicted molar refractivity (Wildman–Crippen MR) is 124 cm³/mol. The molecular weight excluding hydrogens is 433 g/mol. The molecule has 1 N–H and O–H groups in total. The van der Waals surface area contributed by atoms with E-state index in [1.165, 1.54) is 0 Å². The molecule has 1 unspecified atom stereocenters. The van der Waals surface area contributed by atoms with Gasteiger partial charge in [-0.15, -0.1) is 0 Å². The van der Waals surface area contributed by atoms with Crippen molar-refractivity contribution in [3.8, 4) is 5.75 Å². The molecule has 0 aliphatic heterocycles. The highest BCUT2D eigenvalue weighted by Gasteiger charge is 2.32. The van der Waals surface area contributed by atoms with Crippen LogP contribution in [0.3, 0.4) is 0 Å². The molecular formula is C24H19Cl2N3O2. The predicted octanol–water partition coefficient (Wildman–Crippen LogP) is 6.17. The van der Waals surface area contributed by atoms with Gasteiger partial charge in [0.15, 0.2) is 0 Å². The lowest BCUT2D eigenvalue weighted by molar-refractivity contribution is -0.118. The Hall–Kier alpha value is -3.15. The van der Waals surface area contributed by atoms with Crippen molar-refractivity contribution in [3.63, 3.8) is 0 Å². The second-order valence-corrected chi connectivity index (χ2v) is 7.71. The van der Waals surface area contributed by atoms with Crippen LogP contribution in [-0.4, -0.2) is 21.0 Å². The van der Waals surface area contributed by atoms with Crippen LogP contribution in [0.5, 0.6) is 5.75 Å². The van der Waals surface area contributed by atoms with Crippen molar-refractivity contribution in [2.45, 2.75) is 19.4 Å². The van der Waals surface area contributed by atoms with E-state index in [1.807, 2.05) is 12.1 Å². The lowest BCUT2D eigenvalue weighted by Gasteiger charge is -2.33. The van der Waals surface area contributed by atoms with Gasteiger partial charge in [0.05, 0.1) is 16.1 Å². The number of phenolic OH excluding ortho intramolecular Hbond substituents is 1. The molecule has 1 amide bonds. The molecule has 0 saturated heterocycles. The van der Waals surface area contributed by atoms with Gasteiger partial charge in [-0.25, -0.2) is 4.98 Å². The quantitative estimate of drug-likeness (QED) is 0.393. The monoisotopic (exact) mass is 451 g/mol. The molecule has 2 heterocycles. The summed E-state index contributed by atoms with van der Waals surface area (Å²) in [5, 5.41) is 12.6. The summed E-state index contributed by atoms with van der Waals surface area (Å²) >= 11 is 12.9. The van der Waals surface area contributed by atoms with E-state index in [9.17, 15) is 9.90 Å². The Morgan fingerprint density at radius 1 is 0.968 bits per heavy atom. The first-order chi connectivity index (χ1) is 15.0. The summed E-state index contributed by atoms with van der Waals surface area (Å²) in [7, 11) is 0. The van der Waals surface area contributed by atoms with Crippen LogP contribution >= 0.6 is 23.2 Å². The third kappa shape index (κ3) is 3.94. The van der Waals surface area contributed by atoms with Gasteiger partial charge in [0.1, 0.15) is 17.1 Å². The Balaban J connectivity index is 2.03. The SMILES string of the molecule is CCC(=O)N(c1ccccn1)C(c1cccc(Cl)c1Cl)c1ccc2cccnc2c1O. The molecule has 1 atom stereocenters. The topological polar surface area (TPSA) is 66.3 Å². The molecule has 4 rings (SSSR count). The van der Waals surface area contributed by atoms with Gasteiger partial charge in [0.25, 0.3) is 0 Å². The van der Waals surface area contributed by atoms with Crippen LogP contribution in [0.4, 0.5) is 5.82 Å². The van der Waals surface area contributed by atoms with Crippen molar-refractivity contribution in [1.29, 1.82) is 0 Å². The van der Waals surface area contributed by atoms with Crippen LogP contribution in [0.2, 0.25) is 10.0 Å². The number of rotatable bonds is 5. The number of pyridine rings is 2. The number of hydrogen-bond acceptors (Lipinski definition) is 4. The molecule has 2 aromatic heterocycles. The minimum absolute atomic E-state index is 0.0241. The molecule has 0 aliphatic carbocycles. The number of carbonyl (C=O) groups is 1. The molecule has 31 heavy (non-hydrogen) atoms. The van der Waals surface area contributed by atoms with Gasteiger partial charge in [0, 0.05) is 29.8 Å². The number of aromatic nitrogens is 2. The fourth-order valence-corrected chi connectivity index (χ4v) is 4.03. The van der Waals surface area contributed by atoms with Gasteiger partial charge >= 0.3 is 0 Å². The summed E-state index contributed by atoms with van der Waals surface area (Å²) in [4.78, 5) is 23.4. The van der Waals surface area contributed by atoms with Gasteiger partial charge < -0.3 is 5.11 Å². The Bertz CT molecular complexity index is 1250. The number of aromatic hydroxyl groups is 1. The molecule has 0 saturated carbocycles. The fourth-order valence-electron chi connectivity index (χ4n) is 3.61. The molecule has 156 valence electrons. The number of carbonyl (C=O) groups excluding carboxylic acids is 1. The molecule has 0 aliphatic rings. The zero-order valence-electron chi connectivity index (χ0n) is 16.7. The average molecular weight is 452 g/mol. The van der Waals surface area contributed by atoms with Crippen LogP contribution in [0, 0.1) is 0 Å². The summed E-state index contributed by atoms with van der Waals surface area (Å²) in [5.41, 5.74) is 1.49. The largest absolute Gasteiger partial charge is 0.505 e. The smallest absolute Gasteiger partial charge is 0.228 e. The van der Waals surface area contributed by atoms with E-state index in [4.69, 9.17) is 23.2 Å². The van der Waals surface area contributed by atoms with Crippen LogP contribution in [0.25, 0.3) is 10.9 Å². The van der Waals surface area contributed by atoms with E-state index < -0.39 is 6.04 Å². The van der Waals surface area contributed by atoms with Gasteiger partial charge in [0.2, 0.25) is 5.91 Å². The third-order valence-electron chi connectivity index (χ3n) is 5.08. The fraction of sp³-hybridized carbons (Fsp3) is 0.125. The van der Waals surface area contributed by atoms with Gasteiger partial charge in [-0.05, 0) is 29.8 Å². The molecule has 4 aromatic rings. The number of benzene rings is 2. The van der Waals surface area contributed by atoms with E-state index in [2.05, 4.69) is 9.97 Å². The highest BCUT2D eigenvalue weighted by atomic mass is 35.5. The zero-order chi connectivity index (χ0) is 22.0. The van der Waals surface area contributed by atoms with Crippen LogP contribution in [-0.2, 0) is 4.79 Å². The highest BCUT2D eigenvalue weighted by molar-refractivity contribution is 6.42. The summed E-state index contributed by atoms with van der Waals surface area (Å²) < 4.78 is 0. The molecule has 7 heteroatoms. The van der Waals surface area contributed by atoms with Crippen LogP contribution < -0.4 is 4.90 Å². The number of halogens is 2. The average Bonchev–Trinajstić information content (AvgIpc) is 2.80. The lowest BCUT2D eigenvalue weighted by atomic mass is 9.94. The first-order valence-corrected chi connectivity index (χ1v) is 10.5. The molecule has 0 fully saturated rings. The van der Waals surface area contributed by atoms with Crippen molar-refractivity contribution < 1.29 is 9.90 Å². The van der Waals surface area contributed by atoms with Crippen molar-refractivity contribution in [1.82, 2.24) is 9.97 Å². The zero-order valence-corrected chi connectivity index (χ0v) is 18.2. The van der Waals surface area contributed by atoms with Crippen molar-refractivity contribution >= 4 is 45.8 Å². The minimum atomic E-state index is -0.764. The maximum absolute atomic E-state index is 13.2. The highest BCUT2D eigenvalue weighted by Crippen LogP contribution is 2.43. The molecule has 2 aromatic carbocycles. The second-order valence-electron chi connectivity index (χ2n) is 6.93. The Morgan fingerprint density at radius 2 is 1.77 bits per heavy atom. The minimum Gasteiger partial charge on any atom is -0.505 e. The van der Waals surface area contributed by atoms with E-state index in [1.54, 1.807) is 72.7 Å². The Morgan fingerprint density at radius 3 is 2.52 bits per heavy atom. The van der Waals surface area contributed by atoms with Crippen LogP contribution in [0.15, 0.2) is 73.1 Å². The van der Waals surface area contributed by atoms with E-state index >= 15 is 0 Å². The van der Waals surface area contributed by atoms with E-state index in [0.29, 0.717) is 32.5 Å². The van der Waals surface area contributed by atoms with Crippen LogP contribution in [0.1, 0.15) is 30.5 Å². The number of nitrogens with zero attached hydrogens (tertiary/aromatic N) is 3. The first kappa shape index (κ1) is 21.1. The second kappa shape index (κ2) is 8.92. The Kier molecular flexibility index (Phi) is 6.07. The summed E-state index contributed by atoms with van der Waals surface area (Å²) in [6, 6.07) is 17.1. The van der Waals surface area contributed by atoms with Crippen molar-refractivity contribution in [2.75, 3.05) is 4.90 Å². The summed E-state index contributed by atoms with van der Waals surface area (Å²) in [6.07, 6.45) is 3.46. The summed E-state index contributed by atoms with van der Waals surface area (Å²) in [5.74, 6) is 0.236. The maximum Gasteiger partial charge on any atom is 0.228 e. The maximum atomic E-state index is 13.2. The number of phenols is 1. The molecule has 0 bridgehead atoms. The standard InChI is InChI=1S/C24H19Cl2N3O2/c1-2-20(30)29(19-10-3-4-13-27-19)23(16-8-5-9-18(25)21(16)26)17-12-11-15-7-6-14-28-22(15)24(17)31/h3-14,23,31H,2H2,1H3. The Labute approximate surface area is 189 Å². The number of hydrogen-bond donors (Lipinski definition) is 1. The van der Waals surface area contributed by atoms with Gasteiger partial charge in [-0.3, -0.25) is 14.7 Å². The van der Waals surface area contributed by atoms with Crippen molar-refractivity contribution in [3.05, 3.63) is 94.2 Å². The lowest BCUT2D eigenvalue weighted by Crippen LogP contribution is -2.36. The molecule has 5 nitrogen and oxygen atoms in total. The van der Waals surface area contributed by atoms with Crippen molar-refractivity contribution in [2.24, 2.45) is 0 Å². The number of fused-ring (bicyclic) bond motifs is 1. The molecule has 0 spiro atoms. The number of amides is 1. The first-order valence-electron chi connectivity index (χ1n) is 9.76. The van der Waals surface area contributed by atoms with Gasteiger partial charge in [-0.2, -0.15) is 0 Å². The number of anilines is 1. The van der Waals surface area contributed by atoms with E-state index in [0.717, 1.165) is 5.39 Å². The molecule has 0 radical (unpaired) electrons. The normalized spacial score (nSPS) is 12.0. The summed E-state index contributed by atoms with van der Waals surface area (Å²) in [6.45, 7) is 1.77. The third-order valence-corrected chi connectivity index (χ3v) is 5.91.